The van der Waals surface area contributed by atoms with Crippen LogP contribution in [0.25, 0.3) is 0 Å². The van der Waals surface area contributed by atoms with Crippen LogP contribution in [0.5, 0.6) is 0 Å². The minimum Gasteiger partial charge on any atom is -0.369 e. The van der Waals surface area contributed by atoms with Crippen LogP contribution >= 0.6 is 0 Å². The summed E-state index contributed by atoms with van der Waals surface area (Å²) in [7, 11) is 0.348. The maximum atomic E-state index is 12.6. The number of amides is 1. The van der Waals surface area contributed by atoms with Gasteiger partial charge in [0, 0.05) is 24.0 Å². The Morgan fingerprint density at radius 2 is 2.00 bits per heavy atom. The summed E-state index contributed by atoms with van der Waals surface area (Å²) < 4.78 is 14.6. The molecule has 4 N–H and O–H groups in total. The number of hydrogen-bond donors (Lipinski definition) is 4. The largest absolute Gasteiger partial charge is 0.369 e. The van der Waals surface area contributed by atoms with Crippen molar-refractivity contribution >= 4 is 34.3 Å². The van der Waals surface area contributed by atoms with Crippen molar-refractivity contribution in [2.24, 2.45) is 0 Å². The summed E-state index contributed by atoms with van der Waals surface area (Å²) in [4.78, 5) is 22.0. The van der Waals surface area contributed by atoms with Crippen LogP contribution in [-0.2, 0) is 11.0 Å². The van der Waals surface area contributed by atoms with Gasteiger partial charge in [0.1, 0.15) is 22.4 Å². The number of nitrogens with one attached hydrogen (secondary N) is 4. The van der Waals surface area contributed by atoms with Crippen molar-refractivity contribution in [2.75, 3.05) is 24.2 Å². The van der Waals surface area contributed by atoms with E-state index in [2.05, 4.69) is 30.6 Å². The van der Waals surface area contributed by atoms with Gasteiger partial charge in [-0.15, -0.1) is 0 Å². The molecule has 0 bridgehead atoms. The lowest BCUT2D eigenvalue weighted by atomic mass is 10.1. The highest BCUT2D eigenvalue weighted by molar-refractivity contribution is 7.83. The van der Waals surface area contributed by atoms with Gasteiger partial charge in [0.25, 0.3) is 5.91 Å². The normalized spacial score (nSPS) is 12.3. The second-order valence-electron chi connectivity index (χ2n) is 7.21. The van der Waals surface area contributed by atoms with Gasteiger partial charge in [0.15, 0.2) is 0 Å². The molecule has 28 heavy (non-hydrogen) atoms. The first-order valence-corrected chi connectivity index (χ1v) is 10.3. The molecule has 1 aromatic carbocycles. The molecule has 2 rings (SSSR count). The number of benzene rings is 1. The predicted octanol–water partition coefficient (Wildman–Crippen LogP) is 2.81. The maximum absolute atomic E-state index is 12.6. The first kappa shape index (κ1) is 21.8. The average molecular weight is 405 g/mol. The van der Waals surface area contributed by atoms with Crippen molar-refractivity contribution in [3.8, 4) is 0 Å². The van der Waals surface area contributed by atoms with E-state index in [0.717, 1.165) is 6.42 Å². The third-order valence-corrected chi connectivity index (χ3v) is 4.61. The number of aromatic nitrogens is 2. The Morgan fingerprint density at radius 1 is 1.25 bits per heavy atom. The fourth-order valence-electron chi connectivity index (χ4n) is 2.33. The molecular weight excluding hydrogens is 376 g/mol. The zero-order valence-electron chi connectivity index (χ0n) is 16.9. The minimum atomic E-state index is -1.28. The molecule has 1 unspecified atom stereocenters. The van der Waals surface area contributed by atoms with E-state index in [1.165, 1.54) is 6.20 Å². The van der Waals surface area contributed by atoms with Gasteiger partial charge in [-0.05, 0) is 52.4 Å². The van der Waals surface area contributed by atoms with Gasteiger partial charge in [-0.1, -0.05) is 13.0 Å². The van der Waals surface area contributed by atoms with Crippen molar-refractivity contribution in [3.05, 3.63) is 36.0 Å². The lowest BCUT2D eigenvalue weighted by molar-refractivity contribution is 0.0919. The van der Waals surface area contributed by atoms with E-state index in [4.69, 9.17) is 0 Å². The van der Waals surface area contributed by atoms with Crippen LogP contribution in [0.3, 0.4) is 0 Å². The zero-order valence-corrected chi connectivity index (χ0v) is 17.7. The topological polar surface area (TPSA) is 108 Å². The SMILES string of the molecule is CCCNc1nc(Nc2cccc(S(=O)NC)c2)ncc1C(=O)NC(C)(C)C. The molecule has 1 aromatic heterocycles. The predicted molar refractivity (Wildman–Crippen MR) is 113 cm³/mol. The van der Waals surface area contributed by atoms with E-state index in [1.54, 1.807) is 25.2 Å². The highest BCUT2D eigenvalue weighted by Crippen LogP contribution is 2.20. The molecule has 0 radical (unpaired) electrons. The highest BCUT2D eigenvalue weighted by Gasteiger charge is 2.20. The molecule has 1 atom stereocenters. The van der Waals surface area contributed by atoms with E-state index in [0.29, 0.717) is 34.5 Å². The van der Waals surface area contributed by atoms with Crippen LogP contribution in [0.15, 0.2) is 35.4 Å². The lowest BCUT2D eigenvalue weighted by Crippen LogP contribution is -2.41. The molecule has 0 saturated heterocycles. The number of anilines is 3. The van der Waals surface area contributed by atoms with Crippen LogP contribution in [-0.4, -0.2) is 39.2 Å². The van der Waals surface area contributed by atoms with Gasteiger partial charge in [0.05, 0.1) is 4.90 Å². The van der Waals surface area contributed by atoms with Crippen molar-refractivity contribution in [3.63, 3.8) is 0 Å². The summed E-state index contributed by atoms with van der Waals surface area (Å²) in [5, 5.41) is 9.21. The number of carbonyl (C=O) groups is 1. The second kappa shape index (κ2) is 9.61. The first-order valence-electron chi connectivity index (χ1n) is 9.13. The molecule has 9 heteroatoms. The fraction of sp³-hybridized carbons (Fsp3) is 0.421. The zero-order chi connectivity index (χ0) is 20.7. The Bertz CT molecular complexity index is 851. The van der Waals surface area contributed by atoms with Crippen molar-refractivity contribution < 1.29 is 9.00 Å². The Morgan fingerprint density at radius 3 is 2.64 bits per heavy atom. The van der Waals surface area contributed by atoms with Gasteiger partial charge >= 0.3 is 0 Å². The Balaban J connectivity index is 2.29. The third kappa shape index (κ3) is 6.28. The number of nitrogens with zero attached hydrogens (tertiary/aromatic N) is 2. The van der Waals surface area contributed by atoms with E-state index in [-0.39, 0.29) is 11.4 Å². The highest BCUT2D eigenvalue weighted by atomic mass is 32.2. The second-order valence-corrected chi connectivity index (χ2v) is 8.63. The van der Waals surface area contributed by atoms with E-state index < -0.39 is 11.0 Å². The van der Waals surface area contributed by atoms with Crippen LogP contribution < -0.4 is 20.7 Å². The number of hydrogen-bond acceptors (Lipinski definition) is 6. The van der Waals surface area contributed by atoms with Gasteiger partial charge in [0.2, 0.25) is 5.95 Å². The van der Waals surface area contributed by atoms with Gasteiger partial charge in [-0.3, -0.25) is 4.79 Å². The van der Waals surface area contributed by atoms with Crippen LogP contribution in [0, 0.1) is 0 Å². The average Bonchev–Trinajstić information content (AvgIpc) is 2.64. The minimum absolute atomic E-state index is 0.232. The molecule has 1 amide bonds. The Labute approximate surface area is 168 Å². The molecule has 8 nitrogen and oxygen atoms in total. The summed E-state index contributed by atoms with van der Waals surface area (Å²) >= 11 is 0. The van der Waals surface area contributed by atoms with E-state index in [1.807, 2.05) is 33.8 Å². The number of carbonyl (C=O) groups excluding carboxylic acids is 1. The smallest absolute Gasteiger partial charge is 0.257 e. The van der Waals surface area contributed by atoms with Crippen molar-refractivity contribution in [2.45, 2.75) is 44.6 Å². The summed E-state index contributed by atoms with van der Waals surface area (Å²) in [6.07, 6.45) is 2.40. The Hall–Kier alpha value is -2.52. The van der Waals surface area contributed by atoms with Crippen molar-refractivity contribution in [1.29, 1.82) is 0 Å². The van der Waals surface area contributed by atoms with Gasteiger partial charge in [-0.2, -0.15) is 4.98 Å². The van der Waals surface area contributed by atoms with Crippen molar-refractivity contribution in [1.82, 2.24) is 20.0 Å². The molecule has 0 aliphatic carbocycles. The molecule has 0 spiro atoms. The quantitative estimate of drug-likeness (QED) is 0.539. The molecular formula is C19H28N6O2S. The molecule has 0 saturated carbocycles. The summed E-state index contributed by atoms with van der Waals surface area (Å²) in [5.41, 5.74) is 0.729. The Kier molecular flexibility index (Phi) is 7.47. The molecule has 1 heterocycles. The first-order chi connectivity index (χ1) is 13.2. The third-order valence-electron chi connectivity index (χ3n) is 3.55. The number of rotatable bonds is 8. The van der Waals surface area contributed by atoms with Gasteiger partial charge in [-0.25, -0.2) is 13.9 Å². The van der Waals surface area contributed by atoms with Crippen LogP contribution in [0.4, 0.5) is 17.5 Å². The molecule has 152 valence electrons. The monoisotopic (exact) mass is 404 g/mol. The molecule has 0 aliphatic rings. The molecule has 2 aromatic rings. The van der Waals surface area contributed by atoms with E-state index in [9.17, 15) is 9.00 Å². The lowest BCUT2D eigenvalue weighted by Gasteiger charge is -2.21. The summed E-state index contributed by atoms with van der Waals surface area (Å²) in [6.45, 7) is 8.48. The standard InChI is InChI=1S/C19H28N6O2S/c1-6-10-21-16-15(17(26)25-19(2,3)4)12-22-18(24-16)23-13-8-7-9-14(11-13)28(27)20-5/h7-9,11-12,20H,6,10H2,1-5H3,(H,25,26)(H2,21,22,23,24). The van der Waals surface area contributed by atoms with Crippen LogP contribution in [0.2, 0.25) is 0 Å². The van der Waals surface area contributed by atoms with Crippen LogP contribution in [0.1, 0.15) is 44.5 Å². The maximum Gasteiger partial charge on any atom is 0.257 e. The van der Waals surface area contributed by atoms with Gasteiger partial charge < -0.3 is 16.0 Å². The van der Waals surface area contributed by atoms with E-state index >= 15 is 0 Å². The molecule has 0 aliphatic heterocycles. The summed E-state index contributed by atoms with van der Waals surface area (Å²) in [6, 6.07) is 7.16. The molecule has 0 fully saturated rings. The summed E-state index contributed by atoms with van der Waals surface area (Å²) in [5.74, 6) is 0.582. The fourth-order valence-corrected chi connectivity index (χ4v) is 3.00.